The van der Waals surface area contributed by atoms with E-state index in [2.05, 4.69) is 0 Å². The van der Waals surface area contributed by atoms with Gasteiger partial charge < -0.3 is 33.2 Å². The predicted molar refractivity (Wildman–Crippen MR) is 171 cm³/mol. The summed E-state index contributed by atoms with van der Waals surface area (Å²) >= 11 is 0. The van der Waals surface area contributed by atoms with Gasteiger partial charge in [0, 0.05) is 0 Å². The van der Waals surface area contributed by atoms with Crippen LogP contribution in [0.2, 0.25) is 0 Å². The Labute approximate surface area is 266 Å². The number of benzene rings is 4. The Balaban J connectivity index is 1.49. The van der Waals surface area contributed by atoms with E-state index in [9.17, 15) is 4.79 Å². The molecule has 45 heavy (non-hydrogen) atoms. The van der Waals surface area contributed by atoms with Gasteiger partial charge in [-0.2, -0.15) is 0 Å². The largest absolute Gasteiger partial charge is 0.368 e. The minimum Gasteiger partial charge on any atom is -0.368 e. The average Bonchev–Trinajstić information content (AvgIpc) is 3.45. The van der Waals surface area contributed by atoms with Crippen molar-refractivity contribution in [3.05, 3.63) is 144 Å². The van der Waals surface area contributed by atoms with Gasteiger partial charge >= 0.3 is 0 Å². The summed E-state index contributed by atoms with van der Waals surface area (Å²) in [6, 6.07) is 39.4. The summed E-state index contributed by atoms with van der Waals surface area (Å²) in [5.74, 6) is -0.808. The third kappa shape index (κ3) is 9.90. The molecule has 4 aromatic rings. The second kappa shape index (κ2) is 16.6. The maximum Gasteiger partial charge on any atom is 0.163 e. The molecule has 7 nitrogen and oxygen atoms in total. The first-order valence-electron chi connectivity index (χ1n) is 15.4. The monoisotopic (exact) mass is 610 g/mol. The Kier molecular flexibility index (Phi) is 12.0. The molecule has 1 saturated heterocycles. The molecule has 1 fully saturated rings. The highest BCUT2D eigenvalue weighted by molar-refractivity contribution is 5.57. The van der Waals surface area contributed by atoms with Crippen LogP contribution in [0.25, 0.3) is 0 Å². The molecule has 4 aromatic carbocycles. The number of carbonyl (C=O) groups excluding carboxylic acids is 1. The molecular weight excluding hydrogens is 568 g/mol. The van der Waals surface area contributed by atoms with Gasteiger partial charge in [-0.15, -0.1) is 0 Å². The molecule has 7 heteroatoms. The highest BCUT2D eigenvalue weighted by atomic mass is 16.8. The minimum atomic E-state index is -0.965. The van der Waals surface area contributed by atoms with Gasteiger partial charge in [0.25, 0.3) is 0 Å². The van der Waals surface area contributed by atoms with Crippen LogP contribution in [-0.2, 0) is 59.6 Å². The zero-order valence-electron chi connectivity index (χ0n) is 25.9. The summed E-state index contributed by atoms with van der Waals surface area (Å²) in [5.41, 5.74) is 3.87. The summed E-state index contributed by atoms with van der Waals surface area (Å²) in [5, 5.41) is 0. The van der Waals surface area contributed by atoms with Crippen molar-refractivity contribution >= 4 is 6.29 Å². The first-order chi connectivity index (χ1) is 22.0. The van der Waals surface area contributed by atoms with E-state index in [1.807, 2.05) is 135 Å². The van der Waals surface area contributed by atoms with Crippen molar-refractivity contribution in [2.75, 3.05) is 6.61 Å². The molecule has 0 aromatic heterocycles. The van der Waals surface area contributed by atoms with Gasteiger partial charge in [0.05, 0.1) is 33.0 Å². The molecule has 236 valence electrons. The lowest BCUT2D eigenvalue weighted by Gasteiger charge is -2.38. The van der Waals surface area contributed by atoms with Crippen molar-refractivity contribution in [1.82, 2.24) is 0 Å². The molecule has 5 rings (SSSR count). The van der Waals surface area contributed by atoms with Gasteiger partial charge in [-0.1, -0.05) is 121 Å². The smallest absolute Gasteiger partial charge is 0.163 e. The van der Waals surface area contributed by atoms with Crippen LogP contribution >= 0.6 is 0 Å². The molecule has 0 unspecified atom stereocenters. The molecule has 0 bridgehead atoms. The van der Waals surface area contributed by atoms with Crippen molar-refractivity contribution in [2.24, 2.45) is 0 Å². The van der Waals surface area contributed by atoms with Crippen molar-refractivity contribution in [1.29, 1.82) is 0 Å². The Morgan fingerprint density at radius 2 is 1.02 bits per heavy atom. The zero-order chi connectivity index (χ0) is 31.3. The SMILES string of the molecule is CC1(C)OC[C@H]([C@@H](OCc2ccccc2)[C@@H](OCc2ccccc2)[C@@H](OCc2ccccc2)[C@H](C=O)OCc2ccccc2)O1. The van der Waals surface area contributed by atoms with Gasteiger partial charge in [0.2, 0.25) is 0 Å². The fourth-order valence-electron chi connectivity index (χ4n) is 5.32. The van der Waals surface area contributed by atoms with Gasteiger partial charge in [0.15, 0.2) is 12.1 Å². The third-order valence-electron chi connectivity index (χ3n) is 7.64. The maximum absolute atomic E-state index is 12.8. The number of carbonyl (C=O) groups is 1. The lowest BCUT2D eigenvalue weighted by molar-refractivity contribution is -0.217. The molecule has 1 aliphatic rings. The predicted octanol–water partition coefficient (Wildman–Crippen LogP) is 6.68. The summed E-state index contributed by atoms with van der Waals surface area (Å²) in [7, 11) is 0. The second-order valence-electron chi connectivity index (χ2n) is 11.5. The van der Waals surface area contributed by atoms with Crippen LogP contribution < -0.4 is 0 Å². The summed E-state index contributed by atoms with van der Waals surface area (Å²) in [4.78, 5) is 12.8. The number of ether oxygens (including phenoxy) is 6. The van der Waals surface area contributed by atoms with Gasteiger partial charge in [0.1, 0.15) is 30.5 Å². The van der Waals surface area contributed by atoms with E-state index in [0.717, 1.165) is 28.5 Å². The Hall–Kier alpha value is -3.69. The molecule has 5 atom stereocenters. The highest BCUT2D eigenvalue weighted by Gasteiger charge is 2.47. The normalized spacial score (nSPS) is 18.6. The van der Waals surface area contributed by atoms with Gasteiger partial charge in [-0.25, -0.2) is 0 Å². The summed E-state index contributed by atoms with van der Waals surface area (Å²) in [6.45, 7) is 5.09. The molecule has 1 heterocycles. The number of rotatable bonds is 17. The molecule has 0 N–H and O–H groups in total. The highest BCUT2D eigenvalue weighted by Crippen LogP contribution is 2.31. The van der Waals surface area contributed by atoms with E-state index < -0.39 is 36.3 Å². The van der Waals surface area contributed by atoms with Crippen molar-refractivity contribution < 1.29 is 33.2 Å². The Morgan fingerprint density at radius 1 is 0.622 bits per heavy atom. The fraction of sp³-hybridized carbons (Fsp3) is 0.342. The van der Waals surface area contributed by atoms with E-state index in [1.165, 1.54) is 0 Å². The Bertz CT molecular complexity index is 1400. The summed E-state index contributed by atoms with van der Waals surface area (Å²) in [6.07, 6.45) is -2.95. The van der Waals surface area contributed by atoms with E-state index in [0.29, 0.717) is 13.2 Å². The molecule has 0 spiro atoms. The van der Waals surface area contributed by atoms with E-state index in [1.54, 1.807) is 0 Å². The van der Waals surface area contributed by atoms with Crippen LogP contribution in [0, 0.1) is 0 Å². The van der Waals surface area contributed by atoms with E-state index >= 15 is 0 Å². The first kappa shape index (κ1) is 32.7. The van der Waals surface area contributed by atoms with Crippen LogP contribution in [0.1, 0.15) is 36.1 Å². The first-order valence-corrected chi connectivity index (χ1v) is 15.4. The number of aldehydes is 1. The van der Waals surface area contributed by atoms with Crippen molar-refractivity contribution in [3.63, 3.8) is 0 Å². The molecule has 0 saturated carbocycles. The maximum atomic E-state index is 12.8. The van der Waals surface area contributed by atoms with Crippen LogP contribution in [0.3, 0.4) is 0 Å². The minimum absolute atomic E-state index is 0.229. The third-order valence-corrected chi connectivity index (χ3v) is 7.64. The molecule has 0 radical (unpaired) electrons. The van der Waals surface area contributed by atoms with Gasteiger partial charge in [-0.3, -0.25) is 0 Å². The number of hydrogen-bond donors (Lipinski definition) is 0. The molecule has 0 amide bonds. The second-order valence-corrected chi connectivity index (χ2v) is 11.5. The Morgan fingerprint density at radius 3 is 1.42 bits per heavy atom. The van der Waals surface area contributed by atoms with Gasteiger partial charge in [-0.05, 0) is 36.1 Å². The fourth-order valence-corrected chi connectivity index (χ4v) is 5.32. The molecule has 1 aliphatic heterocycles. The van der Waals surface area contributed by atoms with Crippen molar-refractivity contribution in [2.45, 2.75) is 76.6 Å². The number of hydrogen-bond acceptors (Lipinski definition) is 7. The van der Waals surface area contributed by atoms with Crippen LogP contribution in [0.5, 0.6) is 0 Å². The lowest BCUT2D eigenvalue weighted by Crippen LogP contribution is -2.54. The standard InChI is InChI=1S/C38H42O7/c1-38(2)44-28-34(45-38)36(42-26-31-19-11-5-12-20-31)37(43-27-32-21-13-6-14-22-32)35(41-25-30-17-9-4-10-18-30)33(23-39)40-24-29-15-7-3-8-16-29/h3-23,33-37H,24-28H2,1-2H3/t33-,34+,35-,36+,37-/m0/s1. The van der Waals surface area contributed by atoms with E-state index in [4.69, 9.17) is 28.4 Å². The van der Waals surface area contributed by atoms with Crippen LogP contribution in [0.4, 0.5) is 0 Å². The van der Waals surface area contributed by atoms with E-state index in [-0.39, 0.29) is 19.8 Å². The average molecular weight is 611 g/mol. The lowest BCUT2D eigenvalue weighted by atomic mass is 9.98. The van der Waals surface area contributed by atoms with Crippen LogP contribution in [0.15, 0.2) is 121 Å². The quantitative estimate of drug-likeness (QED) is 0.124. The topological polar surface area (TPSA) is 72.5 Å². The molecular formula is C38H42O7. The molecule has 0 aliphatic carbocycles. The van der Waals surface area contributed by atoms with Crippen molar-refractivity contribution in [3.8, 4) is 0 Å². The summed E-state index contributed by atoms with van der Waals surface area (Å²) < 4.78 is 38.6. The van der Waals surface area contributed by atoms with Crippen LogP contribution in [-0.4, -0.2) is 49.2 Å². The zero-order valence-corrected chi connectivity index (χ0v) is 25.9.